The summed E-state index contributed by atoms with van der Waals surface area (Å²) < 4.78 is 5.40. The van der Waals surface area contributed by atoms with Gasteiger partial charge >= 0.3 is 0 Å². The zero-order valence-corrected chi connectivity index (χ0v) is 17.1. The van der Waals surface area contributed by atoms with E-state index in [2.05, 4.69) is 25.6 Å². The second-order valence-electron chi connectivity index (χ2n) is 7.66. The van der Waals surface area contributed by atoms with Crippen LogP contribution in [0.1, 0.15) is 31.4 Å². The standard InChI is InChI=1S/C21H26ClN5O2/c22-18-11-25-16(9-20(28)14-2-1-5-23-10-14)8-17(18)19-12-24-13-21(27-19)26-15-3-6-29-7-4-15/h8,11-15,23H,1-7,9-10H2,(H,26,27)/t14-/m1/s1. The summed E-state index contributed by atoms with van der Waals surface area (Å²) in [5.41, 5.74) is 2.13. The van der Waals surface area contributed by atoms with E-state index in [4.69, 9.17) is 16.3 Å². The van der Waals surface area contributed by atoms with Crippen molar-refractivity contribution in [3.05, 3.63) is 35.4 Å². The molecule has 8 heteroatoms. The Morgan fingerprint density at radius 3 is 2.90 bits per heavy atom. The molecule has 2 aliphatic heterocycles. The average molecular weight is 416 g/mol. The summed E-state index contributed by atoms with van der Waals surface area (Å²) in [7, 11) is 0. The minimum atomic E-state index is 0.0662. The van der Waals surface area contributed by atoms with E-state index in [9.17, 15) is 4.79 Å². The fourth-order valence-corrected chi connectivity index (χ4v) is 4.04. The smallest absolute Gasteiger partial charge is 0.145 e. The lowest BCUT2D eigenvalue weighted by Crippen LogP contribution is -2.35. The summed E-state index contributed by atoms with van der Waals surface area (Å²) in [5, 5.41) is 7.22. The molecule has 2 aliphatic rings. The number of anilines is 1. The maximum Gasteiger partial charge on any atom is 0.145 e. The number of nitrogens with zero attached hydrogens (tertiary/aromatic N) is 3. The first kappa shape index (κ1) is 20.2. The zero-order chi connectivity index (χ0) is 20.1. The molecule has 0 unspecified atom stereocenters. The number of hydrogen-bond donors (Lipinski definition) is 2. The van der Waals surface area contributed by atoms with Crippen LogP contribution in [-0.4, -0.2) is 53.1 Å². The molecular formula is C21H26ClN5O2. The number of Topliss-reactive ketones (excluding diaryl/α,β-unsaturated/α-hetero) is 1. The molecule has 7 nitrogen and oxygen atoms in total. The van der Waals surface area contributed by atoms with Gasteiger partial charge < -0.3 is 15.4 Å². The van der Waals surface area contributed by atoms with Gasteiger partial charge in [0.15, 0.2) is 0 Å². The first-order valence-corrected chi connectivity index (χ1v) is 10.6. The van der Waals surface area contributed by atoms with Crippen molar-refractivity contribution in [1.82, 2.24) is 20.3 Å². The zero-order valence-electron chi connectivity index (χ0n) is 16.4. The van der Waals surface area contributed by atoms with Crippen molar-refractivity contribution in [1.29, 1.82) is 0 Å². The molecule has 1 atom stereocenters. The highest BCUT2D eigenvalue weighted by atomic mass is 35.5. The van der Waals surface area contributed by atoms with E-state index in [0.29, 0.717) is 34.7 Å². The largest absolute Gasteiger partial charge is 0.381 e. The van der Waals surface area contributed by atoms with Gasteiger partial charge in [-0.3, -0.25) is 14.8 Å². The quantitative estimate of drug-likeness (QED) is 0.749. The molecule has 0 saturated carbocycles. The van der Waals surface area contributed by atoms with Crippen molar-refractivity contribution in [3.63, 3.8) is 0 Å². The highest BCUT2D eigenvalue weighted by molar-refractivity contribution is 6.33. The molecule has 2 saturated heterocycles. The van der Waals surface area contributed by atoms with Gasteiger partial charge in [0.2, 0.25) is 0 Å². The van der Waals surface area contributed by atoms with Gasteiger partial charge in [-0.1, -0.05) is 11.6 Å². The summed E-state index contributed by atoms with van der Waals surface area (Å²) in [5.74, 6) is 1.00. The summed E-state index contributed by atoms with van der Waals surface area (Å²) >= 11 is 6.40. The van der Waals surface area contributed by atoms with Crippen molar-refractivity contribution in [3.8, 4) is 11.3 Å². The van der Waals surface area contributed by atoms with E-state index in [1.54, 1.807) is 18.6 Å². The average Bonchev–Trinajstić information content (AvgIpc) is 2.76. The number of carbonyl (C=O) groups is 1. The Bertz CT molecular complexity index is 851. The minimum Gasteiger partial charge on any atom is -0.381 e. The number of hydrogen-bond acceptors (Lipinski definition) is 7. The number of pyridine rings is 1. The summed E-state index contributed by atoms with van der Waals surface area (Å²) in [6.45, 7) is 3.26. The molecule has 0 aliphatic carbocycles. The van der Waals surface area contributed by atoms with E-state index < -0.39 is 0 Å². The number of piperidine rings is 1. The van der Waals surface area contributed by atoms with Crippen LogP contribution < -0.4 is 10.6 Å². The lowest BCUT2D eigenvalue weighted by molar-refractivity contribution is -0.122. The van der Waals surface area contributed by atoms with Gasteiger partial charge in [0.1, 0.15) is 11.6 Å². The number of ketones is 1. The molecular weight excluding hydrogens is 390 g/mol. The number of nitrogens with one attached hydrogen (secondary N) is 2. The normalized spacial score (nSPS) is 20.4. The van der Waals surface area contributed by atoms with Gasteiger partial charge in [0.05, 0.1) is 23.1 Å². The van der Waals surface area contributed by atoms with Crippen LogP contribution in [0.5, 0.6) is 0 Å². The van der Waals surface area contributed by atoms with E-state index in [1.165, 1.54) is 0 Å². The highest BCUT2D eigenvalue weighted by Gasteiger charge is 2.22. The number of aromatic nitrogens is 3. The summed E-state index contributed by atoms with van der Waals surface area (Å²) in [4.78, 5) is 26.0. The molecule has 4 rings (SSSR count). The second-order valence-corrected chi connectivity index (χ2v) is 8.07. The topological polar surface area (TPSA) is 89.0 Å². The Morgan fingerprint density at radius 2 is 2.10 bits per heavy atom. The van der Waals surface area contributed by atoms with Crippen molar-refractivity contribution in [2.24, 2.45) is 5.92 Å². The van der Waals surface area contributed by atoms with Gasteiger partial charge in [-0.05, 0) is 38.3 Å². The van der Waals surface area contributed by atoms with Gasteiger partial charge in [-0.25, -0.2) is 4.98 Å². The SMILES string of the molecule is O=C(Cc1cc(-c2cncc(NC3CCOCC3)n2)c(Cl)cn1)[C@@H]1CCCNC1. The summed E-state index contributed by atoms with van der Waals surface area (Å²) in [6, 6.07) is 2.19. The lowest BCUT2D eigenvalue weighted by atomic mass is 9.92. The predicted octanol–water partition coefficient (Wildman–Crippen LogP) is 2.89. The Morgan fingerprint density at radius 1 is 1.24 bits per heavy atom. The predicted molar refractivity (Wildman–Crippen MR) is 112 cm³/mol. The number of carbonyl (C=O) groups excluding carboxylic acids is 1. The van der Waals surface area contributed by atoms with Crippen LogP contribution in [0.3, 0.4) is 0 Å². The second kappa shape index (κ2) is 9.61. The lowest BCUT2D eigenvalue weighted by Gasteiger charge is -2.23. The molecule has 154 valence electrons. The minimum absolute atomic E-state index is 0.0662. The van der Waals surface area contributed by atoms with E-state index >= 15 is 0 Å². The number of rotatable bonds is 6. The Balaban J connectivity index is 1.49. The Kier molecular flexibility index (Phi) is 6.69. The molecule has 29 heavy (non-hydrogen) atoms. The van der Waals surface area contributed by atoms with Crippen LogP contribution >= 0.6 is 11.6 Å². The van der Waals surface area contributed by atoms with Crippen LogP contribution in [0.15, 0.2) is 24.7 Å². The van der Waals surface area contributed by atoms with Crippen molar-refractivity contribution < 1.29 is 9.53 Å². The molecule has 0 spiro atoms. The maximum absolute atomic E-state index is 12.6. The first-order valence-electron chi connectivity index (χ1n) is 10.2. The molecule has 4 heterocycles. The van der Waals surface area contributed by atoms with Gasteiger partial charge in [0.25, 0.3) is 0 Å². The number of ether oxygens (including phenoxy) is 1. The van der Waals surface area contributed by atoms with Crippen LogP contribution in [-0.2, 0) is 16.0 Å². The fourth-order valence-electron chi connectivity index (χ4n) is 3.84. The Labute approximate surface area is 175 Å². The molecule has 2 aromatic heterocycles. The van der Waals surface area contributed by atoms with Crippen LogP contribution in [0.4, 0.5) is 5.82 Å². The molecule has 0 amide bonds. The fraction of sp³-hybridized carbons (Fsp3) is 0.524. The van der Waals surface area contributed by atoms with Crippen LogP contribution in [0.2, 0.25) is 5.02 Å². The third-order valence-electron chi connectivity index (χ3n) is 5.50. The third-order valence-corrected chi connectivity index (χ3v) is 5.80. The number of halogens is 1. The third kappa shape index (κ3) is 5.29. The first-order chi connectivity index (χ1) is 14.2. The van der Waals surface area contributed by atoms with Crippen molar-refractivity contribution in [2.75, 3.05) is 31.6 Å². The van der Waals surface area contributed by atoms with Gasteiger partial charge in [-0.2, -0.15) is 0 Å². The molecule has 2 N–H and O–H groups in total. The van der Waals surface area contributed by atoms with Crippen molar-refractivity contribution in [2.45, 2.75) is 38.1 Å². The molecule has 0 aromatic carbocycles. The molecule has 2 aromatic rings. The van der Waals surface area contributed by atoms with E-state index in [-0.39, 0.29) is 11.7 Å². The van der Waals surface area contributed by atoms with E-state index in [1.807, 2.05) is 6.07 Å². The molecule has 2 fully saturated rings. The Hall–Kier alpha value is -2.09. The molecule has 0 bridgehead atoms. The van der Waals surface area contributed by atoms with Crippen LogP contribution in [0, 0.1) is 5.92 Å². The monoisotopic (exact) mass is 415 g/mol. The van der Waals surface area contributed by atoms with Crippen molar-refractivity contribution >= 4 is 23.2 Å². The maximum atomic E-state index is 12.6. The molecule has 0 radical (unpaired) electrons. The summed E-state index contributed by atoms with van der Waals surface area (Å²) in [6.07, 6.45) is 9.19. The van der Waals surface area contributed by atoms with E-state index in [0.717, 1.165) is 57.6 Å². The van der Waals surface area contributed by atoms with Crippen LogP contribution in [0.25, 0.3) is 11.3 Å². The van der Waals surface area contributed by atoms with Gasteiger partial charge in [0, 0.05) is 55.6 Å². The van der Waals surface area contributed by atoms with Gasteiger partial charge in [-0.15, -0.1) is 0 Å². The highest BCUT2D eigenvalue weighted by Crippen LogP contribution is 2.27.